The third kappa shape index (κ3) is 2.92. The molecule has 2 amide bonds. The average Bonchev–Trinajstić information content (AvgIpc) is 3.13. The largest absolute Gasteiger partial charge is 0.434 e. The second-order valence-electron chi connectivity index (χ2n) is 5.47. The monoisotopic (exact) mass is 352 g/mol. The number of hydrogen-bond donors (Lipinski definition) is 1. The van der Waals surface area contributed by atoms with Gasteiger partial charge in [-0.25, -0.2) is 13.2 Å². The van der Waals surface area contributed by atoms with Crippen molar-refractivity contribution in [3.63, 3.8) is 0 Å². The Bertz CT molecular complexity index is 818. The summed E-state index contributed by atoms with van der Waals surface area (Å²) in [7, 11) is -3.38. The number of carbonyl (C=O) groups excluding carboxylic acids is 2. The van der Waals surface area contributed by atoms with Crippen LogP contribution in [0.3, 0.4) is 0 Å². The first-order valence-corrected chi connectivity index (χ1v) is 9.02. The first-order chi connectivity index (χ1) is 11.3. The number of carbonyl (C=O) groups is 2. The van der Waals surface area contributed by atoms with E-state index in [-0.39, 0.29) is 6.54 Å². The highest BCUT2D eigenvalue weighted by molar-refractivity contribution is 7.88. The Kier molecular flexibility index (Phi) is 3.91. The Labute approximate surface area is 138 Å². The number of hydrogen-bond acceptors (Lipinski definition) is 6. The number of anilines is 1. The van der Waals surface area contributed by atoms with Crippen molar-refractivity contribution >= 4 is 33.5 Å². The summed E-state index contributed by atoms with van der Waals surface area (Å²) in [6.07, 6.45) is -0.494. The highest BCUT2D eigenvalue weighted by Crippen LogP contribution is 2.23. The molecule has 10 heteroatoms. The van der Waals surface area contributed by atoms with Gasteiger partial charge in [0.1, 0.15) is 5.84 Å². The predicted molar refractivity (Wildman–Crippen MR) is 86.2 cm³/mol. The van der Waals surface area contributed by atoms with Crippen LogP contribution in [0.15, 0.2) is 29.3 Å². The van der Waals surface area contributed by atoms with Crippen LogP contribution in [0.2, 0.25) is 0 Å². The van der Waals surface area contributed by atoms with Crippen molar-refractivity contribution in [2.75, 3.05) is 30.8 Å². The number of nitrogens with zero attached hydrogens (tertiary/aromatic N) is 3. The predicted octanol–water partition coefficient (Wildman–Crippen LogP) is -0.481. The van der Waals surface area contributed by atoms with Crippen molar-refractivity contribution in [3.05, 3.63) is 29.8 Å². The molecule has 0 saturated carbocycles. The molecule has 1 fully saturated rings. The number of nitrogens with two attached hydrogens (primary N) is 1. The van der Waals surface area contributed by atoms with Crippen LogP contribution in [0.1, 0.15) is 5.56 Å². The fourth-order valence-electron chi connectivity index (χ4n) is 2.60. The molecule has 0 aliphatic carbocycles. The second kappa shape index (κ2) is 5.78. The fraction of sp³-hybridized carbons (Fsp3) is 0.357. The van der Waals surface area contributed by atoms with E-state index in [0.717, 1.165) is 6.26 Å². The van der Waals surface area contributed by atoms with E-state index in [1.54, 1.807) is 24.3 Å². The molecule has 0 radical (unpaired) electrons. The summed E-state index contributed by atoms with van der Waals surface area (Å²) in [6.45, 7) is 0.765. The van der Waals surface area contributed by atoms with E-state index < -0.39 is 28.1 Å². The van der Waals surface area contributed by atoms with Gasteiger partial charge in [0.15, 0.2) is 6.10 Å². The quantitative estimate of drug-likeness (QED) is 0.784. The maximum atomic E-state index is 11.8. The molecule has 2 heterocycles. The molecule has 2 aliphatic heterocycles. The lowest BCUT2D eigenvalue weighted by molar-refractivity contribution is -0.124. The summed E-state index contributed by atoms with van der Waals surface area (Å²) in [5.41, 5.74) is 6.29. The number of amidine groups is 1. The number of rotatable bonds is 4. The maximum Gasteiger partial charge on any atom is 0.415 e. The van der Waals surface area contributed by atoms with Crippen LogP contribution < -0.4 is 10.6 Å². The third-order valence-corrected chi connectivity index (χ3v) is 4.92. The van der Waals surface area contributed by atoms with Gasteiger partial charge in [0.2, 0.25) is 10.0 Å². The SMILES string of the molecule is CS(=O)(=O)N1CCN=C1c1ccc(N2C[C@@H](C(N)=O)OC2=O)cc1. The van der Waals surface area contributed by atoms with Gasteiger partial charge >= 0.3 is 6.09 Å². The van der Waals surface area contributed by atoms with Crippen molar-refractivity contribution in [2.24, 2.45) is 10.7 Å². The van der Waals surface area contributed by atoms with Gasteiger partial charge in [-0.1, -0.05) is 0 Å². The van der Waals surface area contributed by atoms with Gasteiger partial charge in [0.25, 0.3) is 5.91 Å². The molecule has 128 valence electrons. The first-order valence-electron chi connectivity index (χ1n) is 7.17. The van der Waals surface area contributed by atoms with Gasteiger partial charge in [-0.05, 0) is 24.3 Å². The summed E-state index contributed by atoms with van der Waals surface area (Å²) in [4.78, 5) is 28.4. The Morgan fingerprint density at radius 3 is 2.54 bits per heavy atom. The molecule has 3 rings (SSSR count). The topological polar surface area (TPSA) is 122 Å². The van der Waals surface area contributed by atoms with E-state index in [1.807, 2.05) is 0 Å². The molecule has 0 aromatic heterocycles. The average molecular weight is 352 g/mol. The lowest BCUT2D eigenvalue weighted by Crippen LogP contribution is -2.34. The number of ether oxygens (including phenoxy) is 1. The summed E-state index contributed by atoms with van der Waals surface area (Å²) < 4.78 is 29.7. The third-order valence-electron chi connectivity index (χ3n) is 3.77. The van der Waals surface area contributed by atoms with Crippen LogP contribution >= 0.6 is 0 Å². The van der Waals surface area contributed by atoms with Crippen molar-refractivity contribution in [2.45, 2.75) is 6.10 Å². The van der Waals surface area contributed by atoms with Crippen LogP contribution in [-0.2, 0) is 19.6 Å². The smallest absolute Gasteiger partial charge is 0.415 e. The van der Waals surface area contributed by atoms with Crippen molar-refractivity contribution in [1.29, 1.82) is 0 Å². The normalized spacial score (nSPS) is 21.0. The number of aliphatic imine (C=N–C) groups is 1. The molecule has 1 aromatic rings. The molecule has 0 bridgehead atoms. The number of benzene rings is 1. The highest BCUT2D eigenvalue weighted by atomic mass is 32.2. The lowest BCUT2D eigenvalue weighted by Gasteiger charge is -2.18. The van der Waals surface area contributed by atoms with Crippen molar-refractivity contribution < 1.29 is 22.7 Å². The zero-order valence-electron chi connectivity index (χ0n) is 12.9. The van der Waals surface area contributed by atoms with Crippen molar-refractivity contribution in [1.82, 2.24) is 4.31 Å². The van der Waals surface area contributed by atoms with Crippen LogP contribution in [0.25, 0.3) is 0 Å². The minimum atomic E-state index is -3.38. The van der Waals surface area contributed by atoms with E-state index in [4.69, 9.17) is 10.5 Å². The molecular weight excluding hydrogens is 336 g/mol. The zero-order valence-corrected chi connectivity index (χ0v) is 13.7. The second-order valence-corrected chi connectivity index (χ2v) is 7.38. The molecular formula is C14H16N4O5S. The molecule has 2 N–H and O–H groups in total. The molecule has 1 aromatic carbocycles. The molecule has 24 heavy (non-hydrogen) atoms. The molecule has 2 aliphatic rings. The fourth-order valence-corrected chi connectivity index (χ4v) is 3.49. The van der Waals surface area contributed by atoms with E-state index >= 15 is 0 Å². The van der Waals surface area contributed by atoms with Gasteiger partial charge < -0.3 is 10.5 Å². The zero-order chi connectivity index (χ0) is 17.5. The molecule has 0 unspecified atom stereocenters. The van der Waals surface area contributed by atoms with E-state index in [1.165, 1.54) is 9.21 Å². The van der Waals surface area contributed by atoms with E-state index in [0.29, 0.717) is 30.2 Å². The maximum absolute atomic E-state index is 11.8. The number of cyclic esters (lactones) is 1. The van der Waals surface area contributed by atoms with Gasteiger partial charge in [-0.2, -0.15) is 0 Å². The minimum Gasteiger partial charge on any atom is -0.434 e. The lowest BCUT2D eigenvalue weighted by atomic mass is 10.1. The van der Waals surface area contributed by atoms with Crippen LogP contribution in [0, 0.1) is 0 Å². The Balaban J connectivity index is 1.82. The summed E-state index contributed by atoms with van der Waals surface area (Å²) in [5, 5.41) is 0. The van der Waals surface area contributed by atoms with Crippen LogP contribution in [0.5, 0.6) is 0 Å². The standard InChI is InChI=1S/C14H16N4O5S/c1-24(21,22)18-7-6-16-13(18)9-2-4-10(5-3-9)17-8-11(12(15)19)23-14(17)20/h2-5,11H,6-8H2,1H3,(H2,15,19)/t11-/m0/s1. The van der Waals surface area contributed by atoms with Crippen LogP contribution in [-0.4, -0.2) is 62.6 Å². The summed E-state index contributed by atoms with van der Waals surface area (Å²) in [5.74, 6) is -0.324. The molecule has 0 spiro atoms. The molecule has 1 saturated heterocycles. The summed E-state index contributed by atoms with van der Waals surface area (Å²) in [6, 6.07) is 6.62. The number of primary amides is 1. The Morgan fingerprint density at radius 1 is 1.33 bits per heavy atom. The van der Waals surface area contributed by atoms with E-state index in [2.05, 4.69) is 4.99 Å². The number of sulfonamides is 1. The van der Waals surface area contributed by atoms with Crippen molar-refractivity contribution in [3.8, 4) is 0 Å². The van der Waals surface area contributed by atoms with Gasteiger partial charge in [0, 0.05) is 11.3 Å². The highest BCUT2D eigenvalue weighted by Gasteiger charge is 2.36. The summed E-state index contributed by atoms with van der Waals surface area (Å²) >= 11 is 0. The van der Waals surface area contributed by atoms with Gasteiger partial charge in [-0.15, -0.1) is 0 Å². The number of amides is 2. The molecule has 1 atom stereocenters. The minimum absolute atomic E-state index is 0.0456. The van der Waals surface area contributed by atoms with Crippen LogP contribution in [0.4, 0.5) is 10.5 Å². The Hall–Kier alpha value is -2.62. The Morgan fingerprint density at radius 2 is 2.00 bits per heavy atom. The first kappa shape index (κ1) is 16.2. The van der Waals surface area contributed by atoms with E-state index in [9.17, 15) is 18.0 Å². The van der Waals surface area contributed by atoms with Gasteiger partial charge in [0.05, 0.1) is 25.9 Å². The van der Waals surface area contributed by atoms with Gasteiger partial charge in [-0.3, -0.25) is 19.0 Å². The molecule has 9 nitrogen and oxygen atoms in total.